The first-order valence-corrected chi connectivity index (χ1v) is 6.95. The lowest BCUT2D eigenvalue weighted by molar-refractivity contribution is 0.168. The zero-order valence-corrected chi connectivity index (χ0v) is 11.8. The zero-order chi connectivity index (χ0) is 14.7. The summed E-state index contributed by atoms with van der Waals surface area (Å²) >= 11 is 0. The second kappa shape index (κ2) is 6.11. The van der Waals surface area contributed by atoms with Crippen molar-refractivity contribution in [2.45, 2.75) is 19.1 Å². The van der Waals surface area contributed by atoms with Gasteiger partial charge in [0.1, 0.15) is 0 Å². The molecule has 2 aromatic rings. The van der Waals surface area contributed by atoms with Crippen molar-refractivity contribution in [3.8, 4) is 11.5 Å². The van der Waals surface area contributed by atoms with Crippen molar-refractivity contribution in [1.82, 2.24) is 10.3 Å². The maximum Gasteiger partial charge on any atom is 0.231 e. The molecule has 1 aromatic heterocycles. The van der Waals surface area contributed by atoms with Gasteiger partial charge in [-0.1, -0.05) is 12.1 Å². The number of aliphatic hydroxyl groups is 1. The number of aliphatic hydroxyl groups excluding tert-OH is 1. The van der Waals surface area contributed by atoms with Gasteiger partial charge >= 0.3 is 0 Å². The quantitative estimate of drug-likeness (QED) is 0.882. The molecule has 0 saturated carbocycles. The van der Waals surface area contributed by atoms with Crippen molar-refractivity contribution in [3.63, 3.8) is 0 Å². The fourth-order valence-corrected chi connectivity index (χ4v) is 2.28. The van der Waals surface area contributed by atoms with Crippen LogP contribution in [0.3, 0.4) is 0 Å². The van der Waals surface area contributed by atoms with E-state index in [0.717, 1.165) is 16.9 Å². The summed E-state index contributed by atoms with van der Waals surface area (Å²) in [6.45, 7) is 2.74. The number of aromatic nitrogens is 1. The fourth-order valence-electron chi connectivity index (χ4n) is 2.28. The molecule has 21 heavy (non-hydrogen) atoms. The van der Waals surface area contributed by atoms with Gasteiger partial charge in [0.15, 0.2) is 11.5 Å². The van der Waals surface area contributed by atoms with Crippen LogP contribution in [0.25, 0.3) is 0 Å². The largest absolute Gasteiger partial charge is 0.454 e. The first kappa shape index (κ1) is 13.9. The van der Waals surface area contributed by atoms with Crippen LogP contribution in [0, 0.1) is 0 Å². The van der Waals surface area contributed by atoms with Crippen LogP contribution < -0.4 is 14.8 Å². The summed E-state index contributed by atoms with van der Waals surface area (Å²) in [6, 6.07) is 9.55. The van der Waals surface area contributed by atoms with E-state index in [-0.39, 0.29) is 12.8 Å². The Kier molecular flexibility index (Phi) is 4.03. The average Bonchev–Trinajstić information content (AvgIpc) is 3.00. The molecule has 0 saturated heterocycles. The molecule has 0 aliphatic carbocycles. The number of nitrogens with one attached hydrogen (secondary N) is 1. The Balaban J connectivity index is 1.60. The third kappa shape index (κ3) is 3.15. The Labute approximate surface area is 123 Å². The van der Waals surface area contributed by atoms with E-state index in [1.54, 1.807) is 6.20 Å². The lowest BCUT2D eigenvalue weighted by Crippen LogP contribution is -2.24. The highest BCUT2D eigenvalue weighted by Crippen LogP contribution is 2.34. The molecule has 1 aliphatic heterocycles. The summed E-state index contributed by atoms with van der Waals surface area (Å²) in [5.74, 6) is 1.41. The number of fused-ring (bicyclic) bond motifs is 1. The van der Waals surface area contributed by atoms with Gasteiger partial charge in [0.2, 0.25) is 6.79 Å². The normalized spacial score (nSPS) is 15.7. The predicted molar refractivity (Wildman–Crippen MR) is 78.2 cm³/mol. The van der Waals surface area contributed by atoms with Crippen LogP contribution in [0.15, 0.2) is 42.7 Å². The number of pyridine rings is 1. The van der Waals surface area contributed by atoms with Gasteiger partial charge in [-0.3, -0.25) is 4.98 Å². The summed E-state index contributed by atoms with van der Waals surface area (Å²) in [4.78, 5) is 4.10. The highest BCUT2D eigenvalue weighted by molar-refractivity contribution is 5.45. The molecule has 0 radical (unpaired) electrons. The minimum Gasteiger partial charge on any atom is -0.454 e. The first-order chi connectivity index (χ1) is 10.2. The standard InChI is InChI=1S/C16H18N2O3/c1-11(13-3-2-6-17-8-13)18-9-14(19)12-4-5-15-16(7-12)21-10-20-15/h2-8,11,14,18-19H,9-10H2,1H3/t11-,14?/m0/s1. The van der Waals surface area contributed by atoms with Crippen molar-refractivity contribution < 1.29 is 14.6 Å². The van der Waals surface area contributed by atoms with E-state index in [9.17, 15) is 5.11 Å². The van der Waals surface area contributed by atoms with Gasteiger partial charge in [-0.2, -0.15) is 0 Å². The van der Waals surface area contributed by atoms with Crippen LogP contribution in [-0.4, -0.2) is 23.4 Å². The molecule has 0 amide bonds. The molecule has 3 rings (SSSR count). The summed E-state index contributed by atoms with van der Waals surface area (Å²) in [6.07, 6.45) is 2.97. The molecule has 2 atom stereocenters. The predicted octanol–water partition coefficient (Wildman–Crippen LogP) is 2.19. The molecule has 1 aliphatic rings. The first-order valence-electron chi connectivity index (χ1n) is 6.95. The van der Waals surface area contributed by atoms with Crippen LogP contribution in [0.1, 0.15) is 30.2 Å². The van der Waals surface area contributed by atoms with Crippen molar-refractivity contribution >= 4 is 0 Å². The van der Waals surface area contributed by atoms with Crippen LogP contribution in [0.5, 0.6) is 11.5 Å². The molecule has 0 spiro atoms. The van der Waals surface area contributed by atoms with Crippen LogP contribution >= 0.6 is 0 Å². The Bertz CT molecular complexity index is 604. The second-order valence-electron chi connectivity index (χ2n) is 5.04. The van der Waals surface area contributed by atoms with E-state index in [0.29, 0.717) is 12.3 Å². The lowest BCUT2D eigenvalue weighted by atomic mass is 10.1. The highest BCUT2D eigenvalue weighted by atomic mass is 16.7. The molecular weight excluding hydrogens is 268 g/mol. The monoisotopic (exact) mass is 286 g/mol. The Hall–Kier alpha value is -2.11. The van der Waals surface area contributed by atoms with E-state index < -0.39 is 6.10 Å². The summed E-state index contributed by atoms with van der Waals surface area (Å²) < 4.78 is 10.6. The van der Waals surface area contributed by atoms with Crippen LogP contribution in [0.2, 0.25) is 0 Å². The maximum atomic E-state index is 10.3. The SMILES string of the molecule is C[C@H](NCC(O)c1ccc2c(c1)OCO2)c1cccnc1. The van der Waals surface area contributed by atoms with Gasteiger partial charge in [0.25, 0.3) is 0 Å². The molecule has 110 valence electrons. The number of benzene rings is 1. The number of nitrogens with zero attached hydrogens (tertiary/aromatic N) is 1. The average molecular weight is 286 g/mol. The van der Waals surface area contributed by atoms with E-state index in [1.807, 2.05) is 43.5 Å². The van der Waals surface area contributed by atoms with Gasteiger partial charge < -0.3 is 19.9 Å². The molecule has 0 fully saturated rings. The zero-order valence-electron chi connectivity index (χ0n) is 11.8. The molecule has 2 N–H and O–H groups in total. The number of rotatable bonds is 5. The molecule has 1 aromatic carbocycles. The van der Waals surface area contributed by atoms with Gasteiger partial charge in [-0.05, 0) is 36.2 Å². The Morgan fingerprint density at radius 1 is 1.24 bits per heavy atom. The molecule has 5 nitrogen and oxygen atoms in total. The summed E-state index contributed by atoms with van der Waals surface area (Å²) in [5, 5.41) is 13.6. The molecular formula is C16H18N2O3. The van der Waals surface area contributed by atoms with E-state index in [1.165, 1.54) is 0 Å². The minimum atomic E-state index is -0.598. The van der Waals surface area contributed by atoms with Gasteiger partial charge in [0.05, 0.1) is 6.10 Å². The van der Waals surface area contributed by atoms with Crippen molar-refractivity contribution in [2.24, 2.45) is 0 Å². The van der Waals surface area contributed by atoms with E-state index in [4.69, 9.17) is 9.47 Å². The topological polar surface area (TPSA) is 63.6 Å². The van der Waals surface area contributed by atoms with Gasteiger partial charge in [-0.15, -0.1) is 0 Å². The summed E-state index contributed by atoms with van der Waals surface area (Å²) in [7, 11) is 0. The molecule has 0 bridgehead atoms. The number of ether oxygens (including phenoxy) is 2. The Morgan fingerprint density at radius 3 is 2.90 bits per heavy atom. The van der Waals surface area contributed by atoms with Crippen molar-refractivity contribution in [3.05, 3.63) is 53.9 Å². The van der Waals surface area contributed by atoms with Crippen molar-refractivity contribution in [1.29, 1.82) is 0 Å². The third-order valence-electron chi connectivity index (χ3n) is 3.58. The molecule has 5 heteroatoms. The molecule has 2 heterocycles. The van der Waals surface area contributed by atoms with Gasteiger partial charge in [0, 0.05) is 25.0 Å². The lowest BCUT2D eigenvalue weighted by Gasteiger charge is -2.17. The van der Waals surface area contributed by atoms with Crippen LogP contribution in [-0.2, 0) is 0 Å². The third-order valence-corrected chi connectivity index (χ3v) is 3.58. The van der Waals surface area contributed by atoms with E-state index >= 15 is 0 Å². The maximum absolute atomic E-state index is 10.3. The number of hydrogen-bond donors (Lipinski definition) is 2. The van der Waals surface area contributed by atoms with Crippen LogP contribution in [0.4, 0.5) is 0 Å². The highest BCUT2D eigenvalue weighted by Gasteiger charge is 2.17. The fraction of sp³-hybridized carbons (Fsp3) is 0.312. The summed E-state index contributed by atoms with van der Waals surface area (Å²) in [5.41, 5.74) is 1.90. The van der Waals surface area contributed by atoms with E-state index in [2.05, 4.69) is 10.3 Å². The Morgan fingerprint density at radius 2 is 2.10 bits per heavy atom. The smallest absolute Gasteiger partial charge is 0.231 e. The van der Waals surface area contributed by atoms with Crippen molar-refractivity contribution in [2.75, 3.05) is 13.3 Å². The second-order valence-corrected chi connectivity index (χ2v) is 5.04. The van der Waals surface area contributed by atoms with Gasteiger partial charge in [-0.25, -0.2) is 0 Å². The minimum absolute atomic E-state index is 0.127. The molecule has 1 unspecified atom stereocenters. The number of hydrogen-bond acceptors (Lipinski definition) is 5.